The molecule has 0 radical (unpaired) electrons. The Hall–Kier alpha value is -6.51. The highest BCUT2D eigenvalue weighted by molar-refractivity contribution is 5.97. The van der Waals surface area contributed by atoms with E-state index in [0.717, 1.165) is 0 Å². The first-order chi connectivity index (χ1) is 31.4. The van der Waals surface area contributed by atoms with Crippen molar-refractivity contribution in [2.24, 2.45) is 66.9 Å². The fourth-order valence-electron chi connectivity index (χ4n) is 6.85. The number of hydrogen-bond acceptors (Lipinski definition) is 13. The van der Waals surface area contributed by atoms with Crippen molar-refractivity contribution in [2.45, 2.75) is 141 Å². The first-order valence-corrected chi connectivity index (χ1v) is 22.3. The molecule has 1 fully saturated rings. The SMILES string of the molecule is CC(C)C[C@H](NC(=O)[C@H](C)NC(=O)[C@H](CCCN=C(N)N)NC(=O)[C@H](CCCN=C(N)N)NC(=O)[C@@H](NC(=O)[C@@H](N)CCCN=C(N)N)C(C)C)C(=O)N1CCC[C@H]1C(=O)N[C@@H](CO)C(=O)O. The second-order valence-electron chi connectivity index (χ2n) is 17.0. The van der Waals surface area contributed by atoms with Gasteiger partial charge in [-0.3, -0.25) is 48.5 Å². The molecule has 7 amide bonds. The number of hydrogen-bond donors (Lipinski definition) is 15. The molecule has 1 saturated heterocycles. The zero-order chi connectivity index (χ0) is 51.0. The van der Waals surface area contributed by atoms with Gasteiger partial charge in [-0.15, -0.1) is 0 Å². The Labute approximate surface area is 390 Å². The number of carbonyl (C=O) groups is 8. The van der Waals surface area contributed by atoms with Crippen LogP contribution in [0.25, 0.3) is 0 Å². The smallest absolute Gasteiger partial charge is 0.328 e. The summed E-state index contributed by atoms with van der Waals surface area (Å²) in [7, 11) is 0. The second-order valence-corrected chi connectivity index (χ2v) is 17.0. The lowest BCUT2D eigenvalue weighted by Crippen LogP contribution is -2.60. The molecule has 27 nitrogen and oxygen atoms in total. The molecule has 8 atom stereocenters. The van der Waals surface area contributed by atoms with Crippen LogP contribution in [0, 0.1) is 11.8 Å². The number of carboxylic acid groups (broad SMARTS) is 1. The van der Waals surface area contributed by atoms with E-state index in [4.69, 9.17) is 40.1 Å². The third kappa shape index (κ3) is 22.0. The lowest BCUT2D eigenvalue weighted by Gasteiger charge is -2.31. The number of aliphatic hydroxyl groups is 1. The topological polar surface area (TPSA) is 472 Å². The van der Waals surface area contributed by atoms with E-state index >= 15 is 0 Å². The normalized spacial score (nSPS) is 16.4. The summed E-state index contributed by atoms with van der Waals surface area (Å²) in [5, 5.41) is 34.1. The van der Waals surface area contributed by atoms with Crippen LogP contribution in [0.4, 0.5) is 0 Å². The molecule has 0 saturated carbocycles. The van der Waals surface area contributed by atoms with Gasteiger partial charge in [-0.2, -0.15) is 0 Å². The molecule has 1 aliphatic heterocycles. The number of rotatable bonds is 30. The molecule has 67 heavy (non-hydrogen) atoms. The number of carboxylic acids is 1. The Morgan fingerprint density at radius 3 is 1.55 bits per heavy atom. The number of aliphatic carboxylic acids is 1. The number of nitrogens with one attached hydrogen (secondary N) is 6. The molecule has 0 aromatic rings. The Morgan fingerprint density at radius 1 is 0.612 bits per heavy atom. The van der Waals surface area contributed by atoms with Gasteiger partial charge in [0.1, 0.15) is 42.3 Å². The average Bonchev–Trinajstić information content (AvgIpc) is 3.74. The molecule has 1 aliphatic rings. The standard InChI is InChI=1S/C40H75N17O10/c1-20(2)18-26(36(65)57-17-9-13-28(57)34(63)55-27(19-58)37(66)67)54-30(59)22(5)51-32(61)24(11-7-15-49-39(44)45)52-33(62)25(12-8-16-50-40(46)47)53-35(64)29(21(3)4)56-31(60)23(41)10-6-14-48-38(42)43/h20-29,58H,6-19,41H2,1-5H3,(H,51,61)(H,52,62)(H,53,64)(H,54,59)(H,55,63)(H,56,60)(H,66,67)(H4,42,43,48)(H4,44,45,49)(H4,46,47,50)/t22-,23-,24-,25-,26-,27-,28-,29-/m0/s1. The molecule has 27 heteroatoms. The largest absolute Gasteiger partial charge is 0.480 e. The Kier molecular flexibility index (Phi) is 26.1. The summed E-state index contributed by atoms with van der Waals surface area (Å²) in [5.74, 6) is -7.69. The van der Waals surface area contributed by atoms with Crippen LogP contribution in [0.5, 0.6) is 0 Å². The van der Waals surface area contributed by atoms with Gasteiger partial charge in [-0.25, -0.2) is 4.79 Å². The van der Waals surface area contributed by atoms with Crippen LogP contribution in [0.2, 0.25) is 0 Å². The van der Waals surface area contributed by atoms with E-state index in [1.54, 1.807) is 13.8 Å². The minimum atomic E-state index is -1.58. The molecular weight excluding hydrogens is 879 g/mol. The highest BCUT2D eigenvalue weighted by atomic mass is 16.4. The van der Waals surface area contributed by atoms with Gasteiger partial charge >= 0.3 is 5.97 Å². The number of aliphatic hydroxyl groups excluding tert-OH is 1. The van der Waals surface area contributed by atoms with Gasteiger partial charge in [0, 0.05) is 26.2 Å². The maximum atomic E-state index is 14.0. The van der Waals surface area contributed by atoms with Crippen LogP contribution in [0.3, 0.4) is 0 Å². The van der Waals surface area contributed by atoms with Crippen LogP contribution in [0.1, 0.15) is 92.4 Å². The molecule has 22 N–H and O–H groups in total. The summed E-state index contributed by atoms with van der Waals surface area (Å²) >= 11 is 0. The van der Waals surface area contributed by atoms with E-state index in [1.165, 1.54) is 11.8 Å². The van der Waals surface area contributed by atoms with Gasteiger partial charge < -0.3 is 87.1 Å². The first-order valence-electron chi connectivity index (χ1n) is 22.3. The van der Waals surface area contributed by atoms with Gasteiger partial charge in [0.15, 0.2) is 17.9 Å². The Morgan fingerprint density at radius 2 is 1.09 bits per heavy atom. The van der Waals surface area contributed by atoms with Crippen molar-refractivity contribution >= 4 is 65.2 Å². The van der Waals surface area contributed by atoms with Crippen molar-refractivity contribution in [1.29, 1.82) is 0 Å². The van der Waals surface area contributed by atoms with E-state index in [0.29, 0.717) is 12.8 Å². The van der Waals surface area contributed by atoms with Crippen LogP contribution in [-0.2, 0) is 38.4 Å². The summed E-state index contributed by atoms with van der Waals surface area (Å²) in [4.78, 5) is 120. The summed E-state index contributed by atoms with van der Waals surface area (Å²) in [6.45, 7) is 8.00. The zero-order valence-corrected chi connectivity index (χ0v) is 39.2. The van der Waals surface area contributed by atoms with Crippen molar-refractivity contribution in [3.8, 4) is 0 Å². The van der Waals surface area contributed by atoms with Crippen molar-refractivity contribution in [3.63, 3.8) is 0 Å². The van der Waals surface area contributed by atoms with Gasteiger partial charge in [0.25, 0.3) is 0 Å². The van der Waals surface area contributed by atoms with E-state index in [-0.39, 0.29) is 94.9 Å². The third-order valence-corrected chi connectivity index (χ3v) is 10.4. The average molecular weight is 954 g/mol. The molecule has 1 heterocycles. The summed E-state index contributed by atoms with van der Waals surface area (Å²) in [6, 6.07) is -9.83. The van der Waals surface area contributed by atoms with Crippen molar-refractivity contribution in [1.82, 2.24) is 36.8 Å². The maximum absolute atomic E-state index is 14.0. The number of nitrogens with two attached hydrogens (primary N) is 7. The first kappa shape index (κ1) is 58.5. The summed E-state index contributed by atoms with van der Waals surface area (Å²) in [5.41, 5.74) is 38.7. The third-order valence-electron chi connectivity index (χ3n) is 10.4. The van der Waals surface area contributed by atoms with Gasteiger partial charge in [-0.05, 0) is 76.5 Å². The minimum Gasteiger partial charge on any atom is -0.480 e. The Balaban J connectivity index is 3.33. The fourth-order valence-corrected chi connectivity index (χ4v) is 6.85. The van der Waals surface area contributed by atoms with Gasteiger partial charge in [0.05, 0.1) is 12.6 Å². The van der Waals surface area contributed by atoms with Crippen LogP contribution >= 0.6 is 0 Å². The van der Waals surface area contributed by atoms with Crippen molar-refractivity contribution in [2.75, 3.05) is 32.8 Å². The molecule has 0 spiro atoms. The molecule has 380 valence electrons. The fraction of sp³-hybridized carbons (Fsp3) is 0.725. The number of nitrogens with zero attached hydrogens (tertiary/aromatic N) is 4. The minimum absolute atomic E-state index is 0.0229. The lowest BCUT2D eigenvalue weighted by atomic mass is 10.0. The predicted octanol–water partition coefficient (Wildman–Crippen LogP) is -5.83. The van der Waals surface area contributed by atoms with E-state index in [9.17, 15) is 48.6 Å². The highest BCUT2D eigenvalue weighted by Crippen LogP contribution is 2.21. The molecule has 0 aromatic carbocycles. The van der Waals surface area contributed by atoms with Crippen LogP contribution < -0.4 is 72.0 Å². The zero-order valence-electron chi connectivity index (χ0n) is 39.2. The van der Waals surface area contributed by atoms with E-state index < -0.39 is 108 Å². The predicted molar refractivity (Wildman–Crippen MR) is 249 cm³/mol. The molecule has 0 aliphatic carbocycles. The Bertz CT molecular complexity index is 1770. The van der Waals surface area contributed by atoms with E-state index in [1.807, 2.05) is 13.8 Å². The van der Waals surface area contributed by atoms with Crippen LogP contribution in [-0.4, -0.2) is 161 Å². The molecule has 1 rings (SSSR count). The highest BCUT2D eigenvalue weighted by Gasteiger charge is 2.40. The number of amides is 7. The monoisotopic (exact) mass is 954 g/mol. The molecule has 0 aromatic heterocycles. The van der Waals surface area contributed by atoms with Gasteiger partial charge in [-0.1, -0.05) is 27.7 Å². The van der Waals surface area contributed by atoms with E-state index in [2.05, 4.69) is 46.9 Å². The summed E-state index contributed by atoms with van der Waals surface area (Å²) < 4.78 is 0. The summed E-state index contributed by atoms with van der Waals surface area (Å²) in [6.07, 6.45) is 1.66. The number of likely N-dealkylation sites (tertiary alicyclic amines) is 1. The number of aliphatic imine (C=N–C) groups is 3. The second kappa shape index (κ2) is 29.9. The number of carbonyl (C=O) groups excluding carboxylic acids is 7. The van der Waals surface area contributed by atoms with Crippen LogP contribution in [0.15, 0.2) is 15.0 Å². The lowest BCUT2D eigenvalue weighted by molar-refractivity contribution is -0.145. The molecule has 0 bridgehead atoms. The molecule has 0 unspecified atom stereocenters. The quantitative estimate of drug-likeness (QED) is 0.0181. The molecular formula is C40H75N17O10. The maximum Gasteiger partial charge on any atom is 0.328 e. The van der Waals surface area contributed by atoms with Crippen molar-refractivity contribution < 1.29 is 48.6 Å². The number of guanidine groups is 3. The van der Waals surface area contributed by atoms with Gasteiger partial charge in [0.2, 0.25) is 41.4 Å². The van der Waals surface area contributed by atoms with Crippen molar-refractivity contribution in [3.05, 3.63) is 0 Å².